The second-order valence-corrected chi connectivity index (χ2v) is 6.69. The molecular weight excluding hydrogens is 386 g/mol. The van der Waals surface area contributed by atoms with E-state index in [1.54, 1.807) is 0 Å². The second kappa shape index (κ2) is 9.08. The van der Waals surface area contributed by atoms with E-state index in [2.05, 4.69) is 23.5 Å². The Bertz CT molecular complexity index is 1230. The molecule has 30 heavy (non-hydrogen) atoms. The van der Waals surface area contributed by atoms with Gasteiger partial charge in [-0.3, -0.25) is 4.79 Å². The maximum Gasteiger partial charge on any atom is 0.337 e. The topological polar surface area (TPSA) is 111 Å². The molecule has 0 fully saturated rings. The van der Waals surface area contributed by atoms with Crippen LogP contribution in [0, 0.1) is 0 Å². The third-order valence-corrected chi connectivity index (χ3v) is 4.70. The second-order valence-electron chi connectivity index (χ2n) is 6.69. The zero-order valence-corrected chi connectivity index (χ0v) is 16.5. The first-order chi connectivity index (χ1) is 14.5. The van der Waals surface area contributed by atoms with E-state index in [4.69, 9.17) is 0 Å². The van der Waals surface area contributed by atoms with Gasteiger partial charge in [-0.2, -0.15) is 0 Å². The Morgan fingerprint density at radius 1 is 0.967 bits per heavy atom. The summed E-state index contributed by atoms with van der Waals surface area (Å²) in [5.74, 6) is -0.497. The van der Waals surface area contributed by atoms with Gasteiger partial charge in [0.05, 0.1) is 13.1 Å². The number of nitrogens with zero attached hydrogens (tertiary/aromatic N) is 3. The van der Waals surface area contributed by atoms with Crippen LogP contribution in [-0.2, 0) is 30.8 Å². The van der Waals surface area contributed by atoms with Gasteiger partial charge in [0.25, 0.3) is 0 Å². The van der Waals surface area contributed by atoms with E-state index in [1.807, 2.05) is 30.5 Å². The largest absolute Gasteiger partial charge is 0.361 e. The Morgan fingerprint density at radius 2 is 1.57 bits per heavy atom. The molecule has 9 heteroatoms. The van der Waals surface area contributed by atoms with Crippen LogP contribution in [0.3, 0.4) is 0 Å². The van der Waals surface area contributed by atoms with E-state index >= 15 is 0 Å². The Morgan fingerprint density at radius 3 is 2.20 bits per heavy atom. The number of hydrogen-bond donors (Lipinski definition) is 2. The highest BCUT2D eigenvalue weighted by Crippen LogP contribution is 2.17. The van der Waals surface area contributed by atoms with E-state index in [9.17, 15) is 19.2 Å². The Kier molecular flexibility index (Phi) is 6.31. The van der Waals surface area contributed by atoms with Crippen LogP contribution in [0.5, 0.6) is 0 Å². The van der Waals surface area contributed by atoms with Crippen molar-refractivity contribution in [2.45, 2.75) is 26.1 Å². The van der Waals surface area contributed by atoms with Crippen molar-refractivity contribution in [3.8, 4) is 0 Å². The molecule has 1 aromatic carbocycles. The van der Waals surface area contributed by atoms with E-state index < -0.39 is 29.5 Å². The van der Waals surface area contributed by atoms with Crippen molar-refractivity contribution < 1.29 is 4.79 Å². The molecule has 156 valence electrons. The Balaban J connectivity index is 1.76. The van der Waals surface area contributed by atoms with E-state index in [-0.39, 0.29) is 13.1 Å². The number of carbonyl (C=O) groups is 1. The lowest BCUT2D eigenvalue weighted by molar-refractivity contribution is -0.121. The summed E-state index contributed by atoms with van der Waals surface area (Å²) < 4.78 is 2.46. The lowest BCUT2D eigenvalue weighted by Gasteiger charge is -2.12. The maximum atomic E-state index is 12.6. The van der Waals surface area contributed by atoms with Gasteiger partial charge in [0.1, 0.15) is 6.54 Å². The molecule has 0 saturated heterocycles. The van der Waals surface area contributed by atoms with Crippen molar-refractivity contribution in [1.29, 1.82) is 0 Å². The molecular formula is C21H23N5O4. The van der Waals surface area contributed by atoms with Gasteiger partial charge in [0.15, 0.2) is 0 Å². The van der Waals surface area contributed by atoms with Gasteiger partial charge >= 0.3 is 17.1 Å². The molecule has 0 atom stereocenters. The van der Waals surface area contributed by atoms with Crippen molar-refractivity contribution in [3.05, 3.63) is 92.8 Å². The van der Waals surface area contributed by atoms with Crippen LogP contribution < -0.4 is 22.4 Å². The number of aromatic amines is 1. The van der Waals surface area contributed by atoms with Crippen LogP contribution in [0.4, 0.5) is 0 Å². The minimum atomic E-state index is -0.850. The van der Waals surface area contributed by atoms with E-state index in [0.717, 1.165) is 30.2 Å². The summed E-state index contributed by atoms with van der Waals surface area (Å²) in [6.07, 6.45) is 5.22. The fraction of sp³-hybridized carbons (Fsp3) is 0.238. The molecule has 0 aliphatic heterocycles. The molecule has 0 radical (unpaired) electrons. The van der Waals surface area contributed by atoms with Crippen molar-refractivity contribution in [2.75, 3.05) is 6.54 Å². The number of allylic oxidation sites excluding steroid dienone is 2. The molecule has 0 aliphatic rings. The summed E-state index contributed by atoms with van der Waals surface area (Å²) >= 11 is 0. The first-order valence-corrected chi connectivity index (χ1v) is 9.46. The fourth-order valence-electron chi connectivity index (χ4n) is 3.26. The van der Waals surface area contributed by atoms with Crippen molar-refractivity contribution in [1.82, 2.24) is 24.0 Å². The zero-order chi connectivity index (χ0) is 21.7. The predicted molar refractivity (Wildman–Crippen MR) is 115 cm³/mol. The fourth-order valence-corrected chi connectivity index (χ4v) is 3.26. The van der Waals surface area contributed by atoms with Gasteiger partial charge in [-0.1, -0.05) is 30.4 Å². The molecule has 9 nitrogen and oxygen atoms in total. The molecule has 2 heterocycles. The van der Waals surface area contributed by atoms with Crippen LogP contribution in [0.15, 0.2) is 70.2 Å². The number of aromatic nitrogens is 4. The highest BCUT2D eigenvalue weighted by molar-refractivity contribution is 5.83. The number of para-hydroxylation sites is 1. The smallest absolute Gasteiger partial charge is 0.337 e. The minimum Gasteiger partial charge on any atom is -0.361 e. The van der Waals surface area contributed by atoms with Crippen LogP contribution in [0.1, 0.15) is 5.56 Å². The first kappa shape index (κ1) is 20.8. The normalized spacial score (nSPS) is 10.8. The summed E-state index contributed by atoms with van der Waals surface area (Å²) in [7, 11) is 0. The van der Waals surface area contributed by atoms with E-state index in [0.29, 0.717) is 13.0 Å². The summed E-state index contributed by atoms with van der Waals surface area (Å²) in [5, 5.41) is 3.79. The highest BCUT2D eigenvalue weighted by atomic mass is 16.2. The van der Waals surface area contributed by atoms with Crippen LogP contribution in [-0.4, -0.2) is 31.1 Å². The number of amides is 1. The summed E-state index contributed by atoms with van der Waals surface area (Å²) in [6, 6.07) is 7.84. The SMILES string of the molecule is C=CCn1c(=O)n(CC=C)c(=O)n(CC(=O)NCCc2c[nH]c3ccccc23)c1=O. The molecule has 2 aromatic heterocycles. The first-order valence-electron chi connectivity index (χ1n) is 9.46. The van der Waals surface area contributed by atoms with Gasteiger partial charge in [0.2, 0.25) is 5.91 Å². The minimum absolute atomic E-state index is 0.0722. The third-order valence-electron chi connectivity index (χ3n) is 4.70. The number of nitrogens with one attached hydrogen (secondary N) is 2. The number of hydrogen-bond acceptors (Lipinski definition) is 4. The number of carbonyl (C=O) groups excluding carboxylic acids is 1. The van der Waals surface area contributed by atoms with Crippen molar-refractivity contribution >= 4 is 16.8 Å². The predicted octanol–water partition coefficient (Wildman–Crippen LogP) is 0.384. The van der Waals surface area contributed by atoms with Crippen LogP contribution in [0.2, 0.25) is 0 Å². The Labute approximate surface area is 171 Å². The molecule has 3 aromatic rings. The molecule has 3 rings (SSSR count). The van der Waals surface area contributed by atoms with E-state index in [1.165, 1.54) is 12.2 Å². The van der Waals surface area contributed by atoms with Crippen LogP contribution >= 0.6 is 0 Å². The number of fused-ring (bicyclic) bond motifs is 1. The zero-order valence-electron chi connectivity index (χ0n) is 16.5. The quantitative estimate of drug-likeness (QED) is 0.498. The molecule has 2 N–H and O–H groups in total. The lowest BCUT2D eigenvalue weighted by Crippen LogP contribution is -2.55. The molecule has 1 amide bonds. The van der Waals surface area contributed by atoms with Gasteiger partial charge < -0.3 is 10.3 Å². The average molecular weight is 409 g/mol. The van der Waals surface area contributed by atoms with Crippen molar-refractivity contribution in [2.24, 2.45) is 0 Å². The summed E-state index contributed by atoms with van der Waals surface area (Å²) in [4.78, 5) is 53.0. The number of rotatable bonds is 9. The molecule has 0 aliphatic carbocycles. The molecule has 0 saturated carbocycles. The van der Waals surface area contributed by atoms with Crippen molar-refractivity contribution in [3.63, 3.8) is 0 Å². The average Bonchev–Trinajstić information content (AvgIpc) is 3.15. The number of benzene rings is 1. The third kappa shape index (κ3) is 4.09. The van der Waals surface area contributed by atoms with Gasteiger partial charge in [-0.25, -0.2) is 28.1 Å². The van der Waals surface area contributed by atoms with Gasteiger partial charge in [-0.05, 0) is 18.1 Å². The standard InChI is InChI=1S/C21H23N5O4/c1-3-11-24-19(28)25(12-4-2)21(30)26(20(24)29)14-18(27)22-10-9-15-13-23-17-8-6-5-7-16(15)17/h3-8,13,23H,1-2,9-12,14H2,(H,22,27). The lowest BCUT2D eigenvalue weighted by atomic mass is 10.1. The van der Waals surface area contributed by atoms with Crippen LogP contribution in [0.25, 0.3) is 10.9 Å². The monoisotopic (exact) mass is 409 g/mol. The molecule has 0 unspecified atom stereocenters. The molecule has 0 spiro atoms. The highest BCUT2D eigenvalue weighted by Gasteiger charge is 2.16. The van der Waals surface area contributed by atoms with Gasteiger partial charge in [0, 0.05) is 23.6 Å². The summed E-state index contributed by atoms with van der Waals surface area (Å²) in [5.41, 5.74) is -0.400. The maximum absolute atomic E-state index is 12.6. The number of H-pyrrole nitrogens is 1. The Hall–Kier alpha value is -3.88. The van der Waals surface area contributed by atoms with Gasteiger partial charge in [-0.15, -0.1) is 13.2 Å². The summed E-state index contributed by atoms with van der Waals surface area (Å²) in [6.45, 7) is 6.74. The molecule has 0 bridgehead atoms.